The normalized spacial score (nSPS) is 25.1. The maximum Gasteiger partial charge on any atom is 0.328 e. The summed E-state index contributed by atoms with van der Waals surface area (Å²) in [6, 6.07) is -0.330. The van der Waals surface area contributed by atoms with Crippen molar-refractivity contribution in [2.75, 3.05) is 13.2 Å². The summed E-state index contributed by atoms with van der Waals surface area (Å²) in [6.45, 7) is 2.92. The largest absolute Gasteiger partial charge is 0.464 e. The van der Waals surface area contributed by atoms with Crippen LogP contribution >= 0.6 is 0 Å². The van der Waals surface area contributed by atoms with Gasteiger partial charge in [-0.05, 0) is 39.0 Å². The van der Waals surface area contributed by atoms with E-state index in [9.17, 15) is 9.59 Å². The van der Waals surface area contributed by atoms with E-state index in [0.29, 0.717) is 6.61 Å². The Morgan fingerprint density at radius 3 is 2.42 bits per heavy atom. The van der Waals surface area contributed by atoms with Crippen molar-refractivity contribution >= 4 is 11.9 Å². The van der Waals surface area contributed by atoms with E-state index in [0.717, 1.165) is 51.5 Å². The topological polar surface area (TPSA) is 46.6 Å². The molecule has 0 aromatic carbocycles. The van der Waals surface area contributed by atoms with Gasteiger partial charge in [0, 0.05) is 12.5 Å². The molecule has 2 rings (SSSR count). The minimum absolute atomic E-state index is 0.142. The van der Waals surface area contributed by atoms with Crippen LogP contribution in [0.5, 0.6) is 0 Å². The molecule has 1 aliphatic carbocycles. The fourth-order valence-corrected chi connectivity index (χ4v) is 3.26. The Bertz CT molecular complexity index is 323. The monoisotopic (exact) mass is 267 g/mol. The average molecular weight is 267 g/mol. The molecule has 1 saturated heterocycles. The highest BCUT2D eigenvalue weighted by Gasteiger charge is 2.36. The molecule has 0 bridgehead atoms. The Morgan fingerprint density at radius 1 is 1.05 bits per heavy atom. The summed E-state index contributed by atoms with van der Waals surface area (Å²) in [6.07, 6.45) is 8.30. The number of carbonyl (C=O) groups excluding carboxylic acids is 2. The molecule has 2 aliphatic rings. The third-order valence-corrected chi connectivity index (χ3v) is 4.30. The van der Waals surface area contributed by atoms with E-state index in [2.05, 4.69) is 0 Å². The van der Waals surface area contributed by atoms with Gasteiger partial charge in [-0.3, -0.25) is 4.79 Å². The van der Waals surface area contributed by atoms with Crippen molar-refractivity contribution < 1.29 is 14.3 Å². The minimum atomic E-state index is -0.330. The molecule has 4 nitrogen and oxygen atoms in total. The molecule has 1 aliphatic heterocycles. The minimum Gasteiger partial charge on any atom is -0.464 e. The van der Waals surface area contributed by atoms with E-state index in [1.807, 2.05) is 6.92 Å². The SMILES string of the molecule is CCOC(=O)C1CCCCN1C(=O)C1CCCCC1. The smallest absolute Gasteiger partial charge is 0.328 e. The molecular weight excluding hydrogens is 242 g/mol. The van der Waals surface area contributed by atoms with Crippen molar-refractivity contribution in [3.63, 3.8) is 0 Å². The number of carbonyl (C=O) groups is 2. The van der Waals surface area contributed by atoms with Gasteiger partial charge in [-0.15, -0.1) is 0 Å². The molecule has 19 heavy (non-hydrogen) atoms. The Balaban J connectivity index is 2.01. The van der Waals surface area contributed by atoms with Gasteiger partial charge in [0.15, 0.2) is 0 Å². The Labute approximate surface area is 115 Å². The van der Waals surface area contributed by atoms with E-state index in [-0.39, 0.29) is 23.8 Å². The van der Waals surface area contributed by atoms with Crippen molar-refractivity contribution in [2.45, 2.75) is 64.3 Å². The van der Waals surface area contributed by atoms with Gasteiger partial charge in [-0.2, -0.15) is 0 Å². The van der Waals surface area contributed by atoms with Crippen LogP contribution in [0.2, 0.25) is 0 Å². The van der Waals surface area contributed by atoms with Crippen LogP contribution in [-0.2, 0) is 14.3 Å². The van der Waals surface area contributed by atoms with Gasteiger partial charge in [0.1, 0.15) is 6.04 Å². The number of ether oxygens (including phenoxy) is 1. The van der Waals surface area contributed by atoms with E-state index in [4.69, 9.17) is 4.74 Å². The molecular formula is C15H25NO3. The average Bonchev–Trinajstić information content (AvgIpc) is 2.47. The second-order valence-corrected chi connectivity index (χ2v) is 5.63. The highest BCUT2D eigenvalue weighted by atomic mass is 16.5. The molecule has 1 atom stereocenters. The Kier molecular flexibility index (Phi) is 5.23. The number of hydrogen-bond acceptors (Lipinski definition) is 3. The number of likely N-dealkylation sites (tertiary alicyclic amines) is 1. The molecule has 0 aromatic rings. The maximum atomic E-state index is 12.6. The number of hydrogen-bond donors (Lipinski definition) is 0. The first-order valence-corrected chi connectivity index (χ1v) is 7.71. The van der Waals surface area contributed by atoms with Gasteiger partial charge in [0.25, 0.3) is 0 Å². The lowest BCUT2D eigenvalue weighted by atomic mass is 9.87. The molecule has 0 N–H and O–H groups in total. The van der Waals surface area contributed by atoms with E-state index in [1.165, 1.54) is 6.42 Å². The van der Waals surface area contributed by atoms with E-state index < -0.39 is 0 Å². The van der Waals surface area contributed by atoms with E-state index in [1.54, 1.807) is 4.90 Å². The molecule has 1 unspecified atom stereocenters. The third kappa shape index (κ3) is 3.48. The first kappa shape index (κ1) is 14.4. The van der Waals surface area contributed by atoms with Gasteiger partial charge in [0.05, 0.1) is 6.61 Å². The van der Waals surface area contributed by atoms with Gasteiger partial charge < -0.3 is 9.64 Å². The van der Waals surface area contributed by atoms with Crippen LogP contribution in [0.1, 0.15) is 58.3 Å². The van der Waals surface area contributed by atoms with Gasteiger partial charge in [0.2, 0.25) is 5.91 Å². The van der Waals surface area contributed by atoms with Gasteiger partial charge in [-0.25, -0.2) is 4.79 Å². The molecule has 0 spiro atoms. The molecule has 2 fully saturated rings. The van der Waals surface area contributed by atoms with Crippen LogP contribution in [0.15, 0.2) is 0 Å². The van der Waals surface area contributed by atoms with Crippen LogP contribution in [0.3, 0.4) is 0 Å². The summed E-state index contributed by atoms with van der Waals surface area (Å²) < 4.78 is 5.12. The third-order valence-electron chi connectivity index (χ3n) is 4.30. The van der Waals surface area contributed by atoms with Crippen molar-refractivity contribution in [3.8, 4) is 0 Å². The summed E-state index contributed by atoms with van der Waals surface area (Å²) in [5.41, 5.74) is 0. The number of nitrogens with zero attached hydrogens (tertiary/aromatic N) is 1. The predicted octanol–water partition coefficient (Wildman–Crippen LogP) is 2.51. The fourth-order valence-electron chi connectivity index (χ4n) is 3.26. The van der Waals surface area contributed by atoms with E-state index >= 15 is 0 Å². The van der Waals surface area contributed by atoms with Crippen LogP contribution < -0.4 is 0 Å². The molecule has 1 heterocycles. The van der Waals surface area contributed by atoms with Crippen molar-refractivity contribution in [1.82, 2.24) is 4.90 Å². The standard InChI is InChI=1S/C15H25NO3/c1-2-19-15(18)13-10-6-7-11-16(13)14(17)12-8-4-3-5-9-12/h12-13H,2-11H2,1H3. The molecule has 1 amide bonds. The highest BCUT2D eigenvalue weighted by molar-refractivity contribution is 5.86. The number of amides is 1. The molecule has 4 heteroatoms. The molecule has 0 aromatic heterocycles. The predicted molar refractivity (Wildman–Crippen MR) is 72.6 cm³/mol. The van der Waals surface area contributed by atoms with Crippen LogP contribution in [0, 0.1) is 5.92 Å². The van der Waals surface area contributed by atoms with Crippen LogP contribution in [0.4, 0.5) is 0 Å². The lowest BCUT2D eigenvalue weighted by molar-refractivity contribution is -0.158. The van der Waals surface area contributed by atoms with Gasteiger partial charge in [-0.1, -0.05) is 19.3 Å². The molecule has 108 valence electrons. The Hall–Kier alpha value is -1.06. The fraction of sp³-hybridized carbons (Fsp3) is 0.867. The van der Waals surface area contributed by atoms with Gasteiger partial charge >= 0.3 is 5.97 Å². The summed E-state index contributed by atoms with van der Waals surface area (Å²) >= 11 is 0. The van der Waals surface area contributed by atoms with Crippen LogP contribution in [0.25, 0.3) is 0 Å². The summed E-state index contributed by atoms with van der Waals surface area (Å²) in [5, 5.41) is 0. The highest BCUT2D eigenvalue weighted by Crippen LogP contribution is 2.28. The Morgan fingerprint density at radius 2 is 1.74 bits per heavy atom. The first-order chi connectivity index (χ1) is 9.24. The van der Waals surface area contributed by atoms with Crippen molar-refractivity contribution in [3.05, 3.63) is 0 Å². The zero-order chi connectivity index (χ0) is 13.7. The van der Waals surface area contributed by atoms with Crippen molar-refractivity contribution in [1.29, 1.82) is 0 Å². The quantitative estimate of drug-likeness (QED) is 0.738. The number of piperidine rings is 1. The lowest BCUT2D eigenvalue weighted by Gasteiger charge is -2.37. The number of esters is 1. The maximum absolute atomic E-state index is 12.6. The molecule has 1 saturated carbocycles. The second-order valence-electron chi connectivity index (χ2n) is 5.63. The zero-order valence-electron chi connectivity index (χ0n) is 11.9. The summed E-state index contributed by atoms with van der Waals surface area (Å²) in [4.78, 5) is 26.4. The van der Waals surface area contributed by atoms with Crippen LogP contribution in [-0.4, -0.2) is 36.0 Å². The van der Waals surface area contributed by atoms with Crippen molar-refractivity contribution in [2.24, 2.45) is 5.92 Å². The zero-order valence-corrected chi connectivity index (χ0v) is 11.9. The second kappa shape index (κ2) is 6.92. The lowest BCUT2D eigenvalue weighted by Crippen LogP contribution is -2.50. The summed E-state index contributed by atoms with van der Waals surface area (Å²) in [7, 11) is 0. The molecule has 0 radical (unpaired) electrons. The number of rotatable bonds is 3. The first-order valence-electron chi connectivity index (χ1n) is 7.71. The summed E-state index contributed by atoms with van der Waals surface area (Å²) in [5.74, 6) is 0.118.